The van der Waals surface area contributed by atoms with Gasteiger partial charge in [0.05, 0.1) is 0 Å². The lowest BCUT2D eigenvalue weighted by atomic mass is 10.1. The van der Waals surface area contributed by atoms with E-state index in [1.54, 1.807) is 19.0 Å². The molecular weight excluding hydrogens is 162 g/mol. The number of benzene rings is 1. The first-order valence-corrected chi connectivity index (χ1v) is 4.31. The van der Waals surface area contributed by atoms with Gasteiger partial charge >= 0.3 is 0 Å². The molecule has 1 amide bonds. The third-order valence-corrected chi connectivity index (χ3v) is 2.16. The fraction of sp³-hybridized carbons (Fsp3) is 0.364. The lowest BCUT2D eigenvalue weighted by molar-refractivity contribution is 0.0827. The van der Waals surface area contributed by atoms with E-state index in [9.17, 15) is 4.79 Å². The number of aryl methyl sites for hydroxylation is 2. The molecule has 0 N–H and O–H groups in total. The molecule has 0 spiro atoms. The first-order valence-electron chi connectivity index (χ1n) is 4.31. The van der Waals surface area contributed by atoms with Gasteiger partial charge in [0.2, 0.25) is 0 Å². The average molecular weight is 177 g/mol. The Labute approximate surface area is 79.2 Å². The minimum Gasteiger partial charge on any atom is -0.345 e. The van der Waals surface area contributed by atoms with Crippen LogP contribution in [0.4, 0.5) is 0 Å². The summed E-state index contributed by atoms with van der Waals surface area (Å²) in [4.78, 5) is 13.1. The number of rotatable bonds is 1. The minimum atomic E-state index is 0.0584. The van der Waals surface area contributed by atoms with Crippen LogP contribution in [0.25, 0.3) is 0 Å². The fourth-order valence-corrected chi connectivity index (χ4v) is 1.13. The van der Waals surface area contributed by atoms with Gasteiger partial charge in [0.15, 0.2) is 0 Å². The largest absolute Gasteiger partial charge is 0.345 e. The number of hydrogen-bond acceptors (Lipinski definition) is 1. The van der Waals surface area contributed by atoms with Gasteiger partial charge in [-0.3, -0.25) is 4.79 Å². The summed E-state index contributed by atoms with van der Waals surface area (Å²) in [5.74, 6) is 0.0584. The zero-order valence-corrected chi connectivity index (χ0v) is 8.59. The smallest absolute Gasteiger partial charge is 0.253 e. The van der Waals surface area contributed by atoms with Crippen LogP contribution < -0.4 is 0 Å². The summed E-state index contributed by atoms with van der Waals surface area (Å²) in [7, 11) is 3.52. The summed E-state index contributed by atoms with van der Waals surface area (Å²) in [5.41, 5.74) is 3.14. The summed E-state index contributed by atoms with van der Waals surface area (Å²) < 4.78 is 0. The van der Waals surface area contributed by atoms with E-state index in [0.717, 1.165) is 11.1 Å². The highest BCUT2D eigenvalue weighted by Crippen LogP contribution is 2.10. The van der Waals surface area contributed by atoms with E-state index in [1.165, 1.54) is 5.56 Å². The Morgan fingerprint density at radius 3 is 2.23 bits per heavy atom. The van der Waals surface area contributed by atoms with Crippen LogP contribution in [0, 0.1) is 13.8 Å². The Morgan fingerprint density at radius 2 is 1.77 bits per heavy atom. The summed E-state index contributed by atoms with van der Waals surface area (Å²) in [6.07, 6.45) is 0. The topological polar surface area (TPSA) is 20.3 Å². The molecule has 0 saturated carbocycles. The fourth-order valence-electron chi connectivity index (χ4n) is 1.13. The molecule has 0 bridgehead atoms. The summed E-state index contributed by atoms with van der Waals surface area (Å²) in [5, 5.41) is 0. The van der Waals surface area contributed by atoms with Crippen LogP contribution in [-0.4, -0.2) is 24.9 Å². The minimum absolute atomic E-state index is 0.0584. The van der Waals surface area contributed by atoms with E-state index in [1.807, 2.05) is 32.0 Å². The summed E-state index contributed by atoms with van der Waals surface area (Å²) in [6, 6.07) is 5.77. The normalized spacial score (nSPS) is 9.85. The van der Waals surface area contributed by atoms with Crippen LogP contribution in [-0.2, 0) is 0 Å². The van der Waals surface area contributed by atoms with Crippen LogP contribution in [0.2, 0.25) is 0 Å². The second-order valence-electron chi connectivity index (χ2n) is 3.50. The van der Waals surface area contributed by atoms with Crippen LogP contribution in [0.15, 0.2) is 18.2 Å². The van der Waals surface area contributed by atoms with Crippen molar-refractivity contribution in [1.82, 2.24) is 4.90 Å². The number of carbonyl (C=O) groups is 1. The van der Waals surface area contributed by atoms with Crippen molar-refractivity contribution >= 4 is 5.91 Å². The molecule has 0 aliphatic rings. The number of amides is 1. The molecule has 0 heterocycles. The molecule has 0 unspecified atom stereocenters. The molecule has 0 aliphatic carbocycles. The second-order valence-corrected chi connectivity index (χ2v) is 3.50. The Bertz CT molecular complexity index is 329. The SMILES string of the molecule is Cc1ccc(C(=O)N(C)C)cc1C. The molecule has 0 radical (unpaired) electrons. The molecule has 70 valence electrons. The zero-order valence-electron chi connectivity index (χ0n) is 8.59. The lowest BCUT2D eigenvalue weighted by Gasteiger charge is -2.11. The first kappa shape index (κ1) is 9.78. The molecule has 0 aliphatic heterocycles. The summed E-state index contributed by atoms with van der Waals surface area (Å²) in [6.45, 7) is 4.06. The van der Waals surface area contributed by atoms with Gasteiger partial charge in [0.1, 0.15) is 0 Å². The molecule has 1 aromatic rings. The first-order chi connectivity index (χ1) is 6.02. The zero-order chi connectivity index (χ0) is 10.0. The third-order valence-electron chi connectivity index (χ3n) is 2.16. The van der Waals surface area contributed by atoms with Crippen molar-refractivity contribution in [2.45, 2.75) is 13.8 Å². The van der Waals surface area contributed by atoms with Crippen molar-refractivity contribution in [2.75, 3.05) is 14.1 Å². The second kappa shape index (κ2) is 3.60. The van der Waals surface area contributed by atoms with Crippen molar-refractivity contribution in [1.29, 1.82) is 0 Å². The predicted molar refractivity (Wildman–Crippen MR) is 53.9 cm³/mol. The molecule has 13 heavy (non-hydrogen) atoms. The van der Waals surface area contributed by atoms with Crippen molar-refractivity contribution in [3.63, 3.8) is 0 Å². The van der Waals surface area contributed by atoms with Crippen molar-refractivity contribution in [2.24, 2.45) is 0 Å². The van der Waals surface area contributed by atoms with Gasteiger partial charge in [0, 0.05) is 19.7 Å². The molecule has 0 aromatic heterocycles. The number of nitrogens with zero attached hydrogens (tertiary/aromatic N) is 1. The molecule has 1 aromatic carbocycles. The van der Waals surface area contributed by atoms with E-state index in [0.29, 0.717) is 0 Å². The van der Waals surface area contributed by atoms with Crippen LogP contribution in [0.3, 0.4) is 0 Å². The van der Waals surface area contributed by atoms with Gasteiger partial charge in [-0.15, -0.1) is 0 Å². The molecule has 1 rings (SSSR count). The maximum atomic E-state index is 11.5. The van der Waals surface area contributed by atoms with E-state index in [2.05, 4.69) is 0 Å². The Morgan fingerprint density at radius 1 is 1.15 bits per heavy atom. The quantitative estimate of drug-likeness (QED) is 0.642. The van der Waals surface area contributed by atoms with Gasteiger partial charge < -0.3 is 4.90 Å². The monoisotopic (exact) mass is 177 g/mol. The van der Waals surface area contributed by atoms with Crippen LogP contribution in [0.5, 0.6) is 0 Å². The van der Waals surface area contributed by atoms with E-state index < -0.39 is 0 Å². The van der Waals surface area contributed by atoms with Gasteiger partial charge in [-0.2, -0.15) is 0 Å². The Kier molecular flexibility index (Phi) is 2.71. The number of hydrogen-bond donors (Lipinski definition) is 0. The standard InChI is InChI=1S/C11H15NO/c1-8-5-6-10(7-9(8)2)11(13)12(3)4/h5-7H,1-4H3. The molecule has 0 saturated heterocycles. The van der Waals surface area contributed by atoms with Gasteiger partial charge in [-0.1, -0.05) is 6.07 Å². The van der Waals surface area contributed by atoms with E-state index >= 15 is 0 Å². The van der Waals surface area contributed by atoms with Crippen LogP contribution >= 0.6 is 0 Å². The van der Waals surface area contributed by atoms with Gasteiger partial charge in [-0.25, -0.2) is 0 Å². The van der Waals surface area contributed by atoms with Gasteiger partial charge in [0.25, 0.3) is 5.91 Å². The van der Waals surface area contributed by atoms with E-state index in [-0.39, 0.29) is 5.91 Å². The van der Waals surface area contributed by atoms with Crippen LogP contribution in [0.1, 0.15) is 21.5 Å². The van der Waals surface area contributed by atoms with E-state index in [4.69, 9.17) is 0 Å². The highest BCUT2D eigenvalue weighted by molar-refractivity contribution is 5.94. The molecule has 2 heteroatoms. The molecular formula is C11H15NO. The Balaban J connectivity index is 3.04. The van der Waals surface area contributed by atoms with Crippen molar-refractivity contribution < 1.29 is 4.79 Å². The maximum absolute atomic E-state index is 11.5. The van der Waals surface area contributed by atoms with Gasteiger partial charge in [-0.05, 0) is 37.1 Å². The summed E-state index contributed by atoms with van der Waals surface area (Å²) >= 11 is 0. The van der Waals surface area contributed by atoms with Crippen molar-refractivity contribution in [3.05, 3.63) is 34.9 Å². The molecule has 0 fully saturated rings. The predicted octanol–water partition coefficient (Wildman–Crippen LogP) is 2.01. The molecule has 2 nitrogen and oxygen atoms in total. The highest BCUT2D eigenvalue weighted by Gasteiger charge is 2.07. The third kappa shape index (κ3) is 2.08. The Hall–Kier alpha value is -1.31. The molecule has 0 atom stereocenters. The number of carbonyl (C=O) groups excluding carboxylic acids is 1. The average Bonchev–Trinajstić information content (AvgIpc) is 2.08. The maximum Gasteiger partial charge on any atom is 0.253 e. The highest BCUT2D eigenvalue weighted by atomic mass is 16.2. The lowest BCUT2D eigenvalue weighted by Crippen LogP contribution is -2.21. The van der Waals surface area contributed by atoms with Crippen molar-refractivity contribution in [3.8, 4) is 0 Å².